The maximum atomic E-state index is 14.6. The van der Waals surface area contributed by atoms with Gasteiger partial charge in [-0.25, -0.2) is 0 Å². The molecular formula is C33H41Cl2N7O2. The lowest BCUT2D eigenvalue weighted by Crippen LogP contribution is -2.51. The van der Waals surface area contributed by atoms with Crippen LogP contribution in [0.5, 0.6) is 0 Å². The number of aromatic nitrogens is 4. The number of nitrogens with one attached hydrogen (secondary N) is 2. The Kier molecular flexibility index (Phi) is 9.47. The van der Waals surface area contributed by atoms with Gasteiger partial charge in [0.05, 0.1) is 12.6 Å². The first-order valence-corrected chi connectivity index (χ1v) is 16.1. The number of aromatic amines is 1. The summed E-state index contributed by atoms with van der Waals surface area (Å²) in [6, 6.07) is 12.5. The van der Waals surface area contributed by atoms with Gasteiger partial charge >= 0.3 is 0 Å². The zero-order valence-electron chi connectivity index (χ0n) is 26.0. The molecule has 1 aliphatic heterocycles. The van der Waals surface area contributed by atoms with E-state index in [2.05, 4.69) is 60.6 Å². The predicted octanol–water partition coefficient (Wildman–Crippen LogP) is 7.18. The van der Waals surface area contributed by atoms with Crippen LogP contribution in [0.1, 0.15) is 106 Å². The van der Waals surface area contributed by atoms with E-state index in [1.807, 2.05) is 29.2 Å². The zero-order valence-corrected chi connectivity index (χ0v) is 27.5. The quantitative estimate of drug-likeness (QED) is 0.258. The number of rotatable bonds is 9. The Morgan fingerprint density at radius 2 is 1.75 bits per heavy atom. The molecule has 9 nitrogen and oxygen atoms in total. The second kappa shape index (κ2) is 13.0. The molecule has 2 heterocycles. The van der Waals surface area contributed by atoms with Crippen LogP contribution in [-0.2, 0) is 11.3 Å². The molecule has 5 rings (SSSR count). The standard InChI is InChI=1S/C33H41Cl2N7O2/c1-20(2)21-10-14-33(15-11-21)37-29(24-16-25(34)18-26(35)17-24)31(44)42(33)27(12-13-32(3,4)5)22-6-8-23(9-7-22)30(43)36-19-28-38-40-41-39-28/h6-9,16-18,20-21,27H,10-15,19H2,1-5H3,(H,36,43)(H,38,39,40,41)/t21?,27-,33?/m1/s1. The summed E-state index contributed by atoms with van der Waals surface area (Å²) in [5, 5.41) is 17.4. The Morgan fingerprint density at radius 1 is 1.09 bits per heavy atom. The highest BCUT2D eigenvalue weighted by Gasteiger charge is 2.52. The van der Waals surface area contributed by atoms with Crippen molar-refractivity contribution in [1.82, 2.24) is 30.8 Å². The van der Waals surface area contributed by atoms with Gasteiger partial charge in [-0.15, -0.1) is 10.2 Å². The van der Waals surface area contributed by atoms with Gasteiger partial charge in [0.1, 0.15) is 11.4 Å². The highest BCUT2D eigenvalue weighted by Crippen LogP contribution is 2.48. The van der Waals surface area contributed by atoms with Crippen molar-refractivity contribution in [2.75, 3.05) is 0 Å². The fraction of sp³-hybridized carbons (Fsp3) is 0.515. The number of benzene rings is 2. The van der Waals surface area contributed by atoms with Crippen LogP contribution >= 0.6 is 23.2 Å². The zero-order chi connectivity index (χ0) is 31.6. The van der Waals surface area contributed by atoms with Crippen molar-refractivity contribution >= 4 is 40.7 Å². The number of hydrogen-bond donors (Lipinski definition) is 2. The predicted molar refractivity (Wildman–Crippen MR) is 173 cm³/mol. The molecule has 1 aromatic heterocycles. The van der Waals surface area contributed by atoms with Gasteiger partial charge in [-0.1, -0.05) is 75.2 Å². The molecular weight excluding hydrogens is 597 g/mol. The van der Waals surface area contributed by atoms with Crippen molar-refractivity contribution in [2.24, 2.45) is 22.2 Å². The van der Waals surface area contributed by atoms with E-state index in [1.54, 1.807) is 18.2 Å². The van der Waals surface area contributed by atoms with Crippen molar-refractivity contribution < 1.29 is 9.59 Å². The molecule has 234 valence electrons. The number of halogens is 2. The number of hydrogen-bond acceptors (Lipinski definition) is 6. The lowest BCUT2D eigenvalue weighted by Gasteiger charge is -2.46. The molecule has 0 bridgehead atoms. The smallest absolute Gasteiger partial charge is 0.275 e. The first-order chi connectivity index (χ1) is 20.8. The molecule has 0 saturated heterocycles. The van der Waals surface area contributed by atoms with Crippen LogP contribution in [0.2, 0.25) is 10.0 Å². The minimum atomic E-state index is -0.657. The summed E-state index contributed by atoms with van der Waals surface area (Å²) >= 11 is 12.8. The number of amides is 2. The Bertz CT molecular complexity index is 1490. The summed E-state index contributed by atoms with van der Waals surface area (Å²) in [5.41, 5.74) is 1.94. The minimum absolute atomic E-state index is 0.0582. The van der Waals surface area contributed by atoms with Crippen LogP contribution in [-0.4, -0.2) is 48.7 Å². The molecule has 1 spiro atoms. The highest BCUT2D eigenvalue weighted by atomic mass is 35.5. The topological polar surface area (TPSA) is 116 Å². The molecule has 2 aromatic carbocycles. The van der Waals surface area contributed by atoms with E-state index >= 15 is 0 Å². The van der Waals surface area contributed by atoms with E-state index in [9.17, 15) is 9.59 Å². The molecule has 44 heavy (non-hydrogen) atoms. The number of carbonyl (C=O) groups excluding carboxylic acids is 2. The third-order valence-electron chi connectivity index (χ3n) is 8.93. The minimum Gasteiger partial charge on any atom is -0.345 e. The van der Waals surface area contributed by atoms with E-state index in [4.69, 9.17) is 28.2 Å². The normalized spacial score (nSPS) is 21.2. The van der Waals surface area contributed by atoms with Gasteiger partial charge in [-0.2, -0.15) is 5.21 Å². The van der Waals surface area contributed by atoms with Crippen LogP contribution in [0.15, 0.2) is 47.5 Å². The molecule has 1 fully saturated rings. The summed E-state index contributed by atoms with van der Waals surface area (Å²) in [4.78, 5) is 34.7. The Labute approximate surface area is 269 Å². The second-order valence-electron chi connectivity index (χ2n) is 13.6. The van der Waals surface area contributed by atoms with E-state index in [0.29, 0.717) is 44.5 Å². The number of aliphatic imine (C=N–C) groups is 1. The molecule has 3 aromatic rings. The lowest BCUT2D eigenvalue weighted by atomic mass is 9.75. The van der Waals surface area contributed by atoms with Crippen molar-refractivity contribution in [3.63, 3.8) is 0 Å². The fourth-order valence-electron chi connectivity index (χ4n) is 6.43. The molecule has 11 heteroatoms. The number of carbonyl (C=O) groups is 2. The van der Waals surface area contributed by atoms with Crippen molar-refractivity contribution in [3.8, 4) is 0 Å². The van der Waals surface area contributed by atoms with Gasteiger partial charge in [0.2, 0.25) is 0 Å². The molecule has 1 atom stereocenters. The summed E-state index contributed by atoms with van der Waals surface area (Å²) in [7, 11) is 0. The number of tetrazole rings is 1. The molecule has 0 unspecified atom stereocenters. The van der Waals surface area contributed by atoms with Gasteiger partial charge in [0, 0.05) is 21.2 Å². The molecule has 1 aliphatic carbocycles. The summed E-state index contributed by atoms with van der Waals surface area (Å²) in [5.74, 6) is 1.22. The van der Waals surface area contributed by atoms with Crippen molar-refractivity contribution in [2.45, 2.75) is 91.4 Å². The average molecular weight is 639 g/mol. The van der Waals surface area contributed by atoms with Crippen molar-refractivity contribution in [1.29, 1.82) is 0 Å². The summed E-state index contributed by atoms with van der Waals surface area (Å²) in [6.45, 7) is 11.4. The fourth-order valence-corrected chi connectivity index (χ4v) is 6.96. The number of nitrogens with zero attached hydrogens (tertiary/aromatic N) is 5. The van der Waals surface area contributed by atoms with Gasteiger partial charge in [-0.3, -0.25) is 14.6 Å². The summed E-state index contributed by atoms with van der Waals surface area (Å²) in [6.07, 6.45) is 5.24. The molecule has 2 amide bonds. The Morgan fingerprint density at radius 3 is 2.32 bits per heavy atom. The Balaban J connectivity index is 1.50. The van der Waals surface area contributed by atoms with E-state index < -0.39 is 5.66 Å². The van der Waals surface area contributed by atoms with Crippen LogP contribution in [0.25, 0.3) is 0 Å². The monoisotopic (exact) mass is 637 g/mol. The average Bonchev–Trinajstić information content (AvgIpc) is 3.58. The first-order valence-electron chi connectivity index (χ1n) is 15.4. The van der Waals surface area contributed by atoms with Crippen molar-refractivity contribution in [3.05, 3.63) is 75.0 Å². The maximum Gasteiger partial charge on any atom is 0.275 e. The summed E-state index contributed by atoms with van der Waals surface area (Å²) < 4.78 is 0. The molecule has 1 saturated carbocycles. The molecule has 2 aliphatic rings. The molecule has 0 radical (unpaired) electrons. The van der Waals surface area contributed by atoms with Gasteiger partial charge in [-0.05, 0) is 91.7 Å². The van der Waals surface area contributed by atoms with E-state index in [1.165, 1.54) is 0 Å². The van der Waals surface area contributed by atoms with E-state index in [-0.39, 0.29) is 29.8 Å². The third kappa shape index (κ3) is 7.15. The highest BCUT2D eigenvalue weighted by molar-refractivity contribution is 6.47. The molecule has 2 N–H and O–H groups in total. The SMILES string of the molecule is CC(C)C1CCC2(CC1)N=C(c1cc(Cl)cc(Cl)c1)C(=O)N2[C@H](CCC(C)(C)C)c1ccc(C(=O)NCc2nn[nH]n2)cc1. The Hall–Kier alpha value is -3.30. The van der Waals surface area contributed by atoms with Crippen LogP contribution < -0.4 is 5.32 Å². The van der Waals surface area contributed by atoms with Gasteiger partial charge in [0.25, 0.3) is 11.8 Å². The number of H-pyrrole nitrogens is 1. The van der Waals surface area contributed by atoms with Gasteiger partial charge < -0.3 is 10.2 Å². The second-order valence-corrected chi connectivity index (χ2v) is 14.5. The first kappa shape index (κ1) is 32.1. The van der Waals surface area contributed by atoms with Gasteiger partial charge in [0.15, 0.2) is 5.82 Å². The van der Waals surface area contributed by atoms with Crippen LogP contribution in [0, 0.1) is 17.3 Å². The van der Waals surface area contributed by atoms with E-state index in [0.717, 1.165) is 44.1 Å². The van der Waals surface area contributed by atoms with Crippen LogP contribution in [0.3, 0.4) is 0 Å². The third-order valence-corrected chi connectivity index (χ3v) is 9.37. The maximum absolute atomic E-state index is 14.6. The lowest BCUT2D eigenvalue weighted by molar-refractivity contribution is -0.133. The largest absolute Gasteiger partial charge is 0.345 e. The van der Waals surface area contributed by atoms with Crippen LogP contribution in [0.4, 0.5) is 0 Å².